The zero-order chi connectivity index (χ0) is 19.6. The Morgan fingerprint density at radius 2 is 1.96 bits per heavy atom. The minimum atomic E-state index is -1.15. The van der Waals surface area contributed by atoms with E-state index < -0.39 is 17.4 Å². The number of aliphatic carboxylic acids is 1. The average molecular weight is 374 g/mol. The lowest BCUT2D eigenvalue weighted by Gasteiger charge is -2.26. The first-order valence-electron chi connectivity index (χ1n) is 8.95. The van der Waals surface area contributed by atoms with E-state index in [1.54, 1.807) is 26.0 Å². The summed E-state index contributed by atoms with van der Waals surface area (Å²) in [6.45, 7) is 3.21. The van der Waals surface area contributed by atoms with Crippen LogP contribution in [0.15, 0.2) is 24.5 Å². The first-order chi connectivity index (χ1) is 12.7. The molecular weight excluding hydrogens is 351 g/mol. The number of pyridine rings is 1. The third-order valence-electron chi connectivity index (χ3n) is 4.81. The molecule has 0 spiro atoms. The van der Waals surface area contributed by atoms with Crippen molar-refractivity contribution < 1.29 is 19.4 Å². The predicted molar refractivity (Wildman–Crippen MR) is 97.5 cm³/mol. The smallest absolute Gasteiger partial charge is 0.306 e. The molecule has 3 rings (SSSR count). The van der Waals surface area contributed by atoms with Gasteiger partial charge in [-0.25, -0.2) is 14.4 Å². The molecule has 0 aliphatic heterocycles. The van der Waals surface area contributed by atoms with Gasteiger partial charge in [-0.05, 0) is 51.7 Å². The fourth-order valence-electron chi connectivity index (χ4n) is 3.22. The summed E-state index contributed by atoms with van der Waals surface area (Å²) in [5.41, 5.74) is -0.109. The van der Waals surface area contributed by atoms with Gasteiger partial charge in [0.05, 0.1) is 17.8 Å². The molecule has 2 aromatic rings. The molecular formula is C19H23FN4O3. The number of anilines is 1. The van der Waals surface area contributed by atoms with Gasteiger partial charge < -0.3 is 15.5 Å². The van der Waals surface area contributed by atoms with Crippen molar-refractivity contribution in [1.82, 2.24) is 15.0 Å². The van der Waals surface area contributed by atoms with Crippen molar-refractivity contribution in [3.05, 3.63) is 36.0 Å². The van der Waals surface area contributed by atoms with E-state index in [4.69, 9.17) is 5.11 Å². The summed E-state index contributed by atoms with van der Waals surface area (Å²) in [6.07, 6.45) is 5.21. The molecule has 1 saturated carbocycles. The van der Waals surface area contributed by atoms with Crippen LogP contribution < -0.4 is 5.32 Å². The SMILES string of the molecule is CC(C)(O)c1cc(-c2nc(N[C@H]3CC[C@H](C(=O)O)CC3)ncc2F)ccn1. The molecule has 0 amide bonds. The van der Waals surface area contributed by atoms with E-state index in [-0.39, 0.29) is 17.7 Å². The first-order valence-corrected chi connectivity index (χ1v) is 8.95. The van der Waals surface area contributed by atoms with Crippen LogP contribution in [-0.4, -0.2) is 37.2 Å². The topological polar surface area (TPSA) is 108 Å². The molecule has 144 valence electrons. The number of hydrogen-bond donors (Lipinski definition) is 3. The van der Waals surface area contributed by atoms with Crippen LogP contribution in [0.2, 0.25) is 0 Å². The van der Waals surface area contributed by atoms with Crippen LogP contribution in [0.3, 0.4) is 0 Å². The van der Waals surface area contributed by atoms with Crippen molar-refractivity contribution in [3.8, 4) is 11.3 Å². The highest BCUT2D eigenvalue weighted by Crippen LogP contribution is 2.28. The number of carbonyl (C=O) groups is 1. The molecule has 2 heterocycles. The van der Waals surface area contributed by atoms with Crippen LogP contribution in [0.4, 0.5) is 10.3 Å². The van der Waals surface area contributed by atoms with Crippen molar-refractivity contribution in [1.29, 1.82) is 0 Å². The fourth-order valence-corrected chi connectivity index (χ4v) is 3.22. The Labute approximate surface area is 156 Å². The number of aromatic nitrogens is 3. The van der Waals surface area contributed by atoms with Gasteiger partial charge in [-0.1, -0.05) is 0 Å². The molecule has 0 aromatic carbocycles. The van der Waals surface area contributed by atoms with Crippen molar-refractivity contribution in [2.45, 2.75) is 51.2 Å². The zero-order valence-electron chi connectivity index (χ0n) is 15.3. The van der Waals surface area contributed by atoms with Gasteiger partial charge in [-0.15, -0.1) is 0 Å². The highest BCUT2D eigenvalue weighted by molar-refractivity contribution is 5.70. The Hall–Kier alpha value is -2.61. The molecule has 0 saturated heterocycles. The van der Waals surface area contributed by atoms with E-state index >= 15 is 0 Å². The lowest BCUT2D eigenvalue weighted by molar-refractivity contribution is -0.142. The van der Waals surface area contributed by atoms with E-state index in [0.29, 0.717) is 42.9 Å². The first kappa shape index (κ1) is 19.2. The third-order valence-corrected chi connectivity index (χ3v) is 4.81. The summed E-state index contributed by atoms with van der Waals surface area (Å²) in [5, 5.41) is 22.4. The number of nitrogens with one attached hydrogen (secondary N) is 1. The van der Waals surface area contributed by atoms with E-state index in [9.17, 15) is 14.3 Å². The monoisotopic (exact) mass is 374 g/mol. The standard InChI is InChI=1S/C19H23FN4O3/c1-19(2,27)15-9-12(7-8-21-15)16-14(20)10-22-18(24-16)23-13-5-3-11(4-6-13)17(25)26/h7-11,13,27H,3-6H2,1-2H3,(H,25,26)(H,22,23,24)/t11-,13-. The summed E-state index contributed by atoms with van der Waals surface area (Å²) in [7, 11) is 0. The van der Waals surface area contributed by atoms with E-state index in [2.05, 4.69) is 20.3 Å². The van der Waals surface area contributed by atoms with Crippen molar-refractivity contribution >= 4 is 11.9 Å². The quantitative estimate of drug-likeness (QED) is 0.738. The summed E-state index contributed by atoms with van der Waals surface area (Å²) in [4.78, 5) is 23.5. The second kappa shape index (κ2) is 7.56. The zero-order valence-corrected chi connectivity index (χ0v) is 15.3. The molecule has 8 heteroatoms. The maximum Gasteiger partial charge on any atom is 0.306 e. The molecule has 0 radical (unpaired) electrons. The minimum absolute atomic E-state index is 0.0586. The molecule has 1 aliphatic carbocycles. The van der Waals surface area contributed by atoms with Crippen LogP contribution in [-0.2, 0) is 10.4 Å². The normalized spacial score (nSPS) is 20.3. The molecule has 27 heavy (non-hydrogen) atoms. The highest BCUT2D eigenvalue weighted by Gasteiger charge is 2.26. The van der Waals surface area contributed by atoms with Crippen LogP contribution in [0, 0.1) is 11.7 Å². The molecule has 7 nitrogen and oxygen atoms in total. The Balaban J connectivity index is 1.78. The molecule has 1 fully saturated rings. The number of halogens is 1. The van der Waals surface area contributed by atoms with Gasteiger partial charge in [-0.2, -0.15) is 0 Å². The summed E-state index contributed by atoms with van der Waals surface area (Å²) >= 11 is 0. The second-order valence-electron chi connectivity index (χ2n) is 7.41. The Bertz CT molecular complexity index is 830. The van der Waals surface area contributed by atoms with Crippen molar-refractivity contribution in [3.63, 3.8) is 0 Å². The van der Waals surface area contributed by atoms with Gasteiger partial charge in [-0.3, -0.25) is 9.78 Å². The van der Waals surface area contributed by atoms with Crippen molar-refractivity contribution in [2.24, 2.45) is 5.92 Å². The largest absolute Gasteiger partial charge is 0.481 e. The van der Waals surface area contributed by atoms with E-state index in [1.807, 2.05) is 0 Å². The lowest BCUT2D eigenvalue weighted by Crippen LogP contribution is -2.29. The van der Waals surface area contributed by atoms with Gasteiger partial charge in [0.25, 0.3) is 0 Å². The van der Waals surface area contributed by atoms with E-state index in [0.717, 1.165) is 6.20 Å². The van der Waals surface area contributed by atoms with Crippen molar-refractivity contribution in [2.75, 3.05) is 5.32 Å². The fraction of sp³-hybridized carbons (Fsp3) is 0.474. The van der Waals surface area contributed by atoms with Crippen LogP contribution in [0.1, 0.15) is 45.2 Å². The number of nitrogens with zero attached hydrogens (tertiary/aromatic N) is 3. The van der Waals surface area contributed by atoms with Gasteiger partial charge in [0.15, 0.2) is 5.82 Å². The van der Waals surface area contributed by atoms with Gasteiger partial charge in [0, 0.05) is 17.8 Å². The van der Waals surface area contributed by atoms with Crippen LogP contribution in [0.25, 0.3) is 11.3 Å². The predicted octanol–water partition coefficient (Wildman–Crippen LogP) is 2.96. The second-order valence-corrected chi connectivity index (χ2v) is 7.41. The maximum atomic E-state index is 14.3. The molecule has 0 unspecified atom stereocenters. The molecule has 3 N–H and O–H groups in total. The summed E-state index contributed by atoms with van der Waals surface area (Å²) in [6, 6.07) is 3.29. The molecule has 0 bridgehead atoms. The highest BCUT2D eigenvalue weighted by atomic mass is 19.1. The minimum Gasteiger partial charge on any atom is -0.481 e. The summed E-state index contributed by atoms with van der Waals surface area (Å²) in [5.74, 6) is -1.33. The van der Waals surface area contributed by atoms with Crippen LogP contribution in [0.5, 0.6) is 0 Å². The maximum absolute atomic E-state index is 14.3. The number of carboxylic acid groups (broad SMARTS) is 1. The molecule has 2 aromatic heterocycles. The number of hydrogen-bond acceptors (Lipinski definition) is 6. The Morgan fingerprint density at radius 1 is 1.26 bits per heavy atom. The number of carboxylic acids is 1. The summed E-state index contributed by atoms with van der Waals surface area (Å²) < 4.78 is 14.3. The molecule has 1 aliphatic rings. The number of aliphatic hydroxyl groups is 1. The van der Waals surface area contributed by atoms with Crippen LogP contribution >= 0.6 is 0 Å². The Morgan fingerprint density at radius 3 is 2.59 bits per heavy atom. The van der Waals surface area contributed by atoms with Gasteiger partial charge in [0.1, 0.15) is 11.3 Å². The van der Waals surface area contributed by atoms with Gasteiger partial charge >= 0.3 is 5.97 Å². The molecule has 0 atom stereocenters. The van der Waals surface area contributed by atoms with E-state index in [1.165, 1.54) is 6.20 Å². The average Bonchev–Trinajstić information content (AvgIpc) is 2.63. The van der Waals surface area contributed by atoms with Gasteiger partial charge in [0.2, 0.25) is 5.95 Å². The Kier molecular flexibility index (Phi) is 5.36. The number of rotatable bonds is 5. The third kappa shape index (κ3) is 4.57. The lowest BCUT2D eigenvalue weighted by atomic mass is 9.86.